The van der Waals surface area contributed by atoms with E-state index in [1.165, 1.54) is 40.5 Å². The summed E-state index contributed by atoms with van der Waals surface area (Å²) in [4.78, 5) is 45.6. The van der Waals surface area contributed by atoms with Crippen molar-refractivity contribution in [2.24, 2.45) is 0 Å². The molecular weight excluding hydrogens is 468 g/mol. The number of nitro benzene ring substituents is 1. The SMILES string of the molecule is Cc1nc(-c2ccccc2)sc1C(=O)C1=C(O)C(=O)N(CCN(C)C)C1c1ccc([N+](=O)[O-])cc1. The Morgan fingerprint density at radius 2 is 1.83 bits per heavy atom. The van der Waals surface area contributed by atoms with Crippen molar-refractivity contribution in [2.45, 2.75) is 13.0 Å². The number of aliphatic hydroxyl groups is 1. The van der Waals surface area contributed by atoms with Crippen LogP contribution in [0.25, 0.3) is 10.6 Å². The van der Waals surface area contributed by atoms with Gasteiger partial charge in [0.05, 0.1) is 27.1 Å². The number of likely N-dealkylation sites (N-methyl/N-ethyl adjacent to an activating group) is 1. The number of non-ortho nitro benzene ring substituents is 1. The highest BCUT2D eigenvalue weighted by Crippen LogP contribution is 2.41. The molecule has 180 valence electrons. The van der Waals surface area contributed by atoms with E-state index in [0.717, 1.165) is 5.56 Å². The molecule has 2 aromatic carbocycles. The number of aromatic nitrogens is 1. The number of aliphatic hydroxyl groups excluding tert-OH is 1. The Labute approximate surface area is 206 Å². The number of amides is 1. The summed E-state index contributed by atoms with van der Waals surface area (Å²) in [5, 5.41) is 22.6. The lowest BCUT2D eigenvalue weighted by atomic mass is 9.95. The molecule has 1 aliphatic rings. The number of carbonyl (C=O) groups excluding carboxylic acids is 2. The van der Waals surface area contributed by atoms with E-state index in [2.05, 4.69) is 4.98 Å². The lowest BCUT2D eigenvalue weighted by molar-refractivity contribution is -0.384. The van der Waals surface area contributed by atoms with Gasteiger partial charge in [-0.1, -0.05) is 30.3 Å². The summed E-state index contributed by atoms with van der Waals surface area (Å²) in [5.74, 6) is -1.74. The number of nitrogens with zero attached hydrogens (tertiary/aromatic N) is 4. The lowest BCUT2D eigenvalue weighted by Gasteiger charge is -2.27. The van der Waals surface area contributed by atoms with E-state index in [4.69, 9.17) is 0 Å². The summed E-state index contributed by atoms with van der Waals surface area (Å²) >= 11 is 1.20. The first-order valence-corrected chi connectivity index (χ1v) is 11.7. The molecule has 0 saturated heterocycles. The highest BCUT2D eigenvalue weighted by atomic mass is 32.1. The Balaban J connectivity index is 1.77. The minimum Gasteiger partial charge on any atom is -0.503 e. The molecule has 2 heterocycles. The molecule has 9 nitrogen and oxygen atoms in total. The monoisotopic (exact) mass is 492 g/mol. The van der Waals surface area contributed by atoms with Crippen molar-refractivity contribution in [1.29, 1.82) is 0 Å². The van der Waals surface area contributed by atoms with Gasteiger partial charge in [-0.3, -0.25) is 19.7 Å². The molecular formula is C25H24N4O5S. The van der Waals surface area contributed by atoms with Gasteiger partial charge in [0.15, 0.2) is 5.76 Å². The van der Waals surface area contributed by atoms with Crippen LogP contribution in [0.4, 0.5) is 5.69 Å². The van der Waals surface area contributed by atoms with Crippen LogP contribution in [0.3, 0.4) is 0 Å². The molecule has 0 spiro atoms. The van der Waals surface area contributed by atoms with E-state index >= 15 is 0 Å². The first-order chi connectivity index (χ1) is 16.7. The number of hydrogen-bond donors (Lipinski definition) is 1. The van der Waals surface area contributed by atoms with Gasteiger partial charge >= 0.3 is 0 Å². The maximum Gasteiger partial charge on any atom is 0.290 e. The number of nitro groups is 1. The third-order valence-corrected chi connectivity index (χ3v) is 6.98. The molecule has 1 N–H and O–H groups in total. The Morgan fingerprint density at radius 1 is 1.17 bits per heavy atom. The van der Waals surface area contributed by atoms with Crippen LogP contribution in [0.15, 0.2) is 65.9 Å². The van der Waals surface area contributed by atoms with Gasteiger partial charge in [-0.05, 0) is 38.7 Å². The number of rotatable bonds is 8. The average molecular weight is 493 g/mol. The fourth-order valence-electron chi connectivity index (χ4n) is 3.98. The molecule has 1 amide bonds. The van der Waals surface area contributed by atoms with Gasteiger partial charge in [-0.15, -0.1) is 11.3 Å². The second kappa shape index (κ2) is 9.77. The summed E-state index contributed by atoms with van der Waals surface area (Å²) in [6.07, 6.45) is 0. The fourth-order valence-corrected chi connectivity index (χ4v) is 5.01. The maximum absolute atomic E-state index is 13.8. The average Bonchev–Trinajstić information content (AvgIpc) is 3.35. The standard InChI is InChI=1S/C25H24N4O5S/c1-15-23(35-24(26-15)17-7-5-4-6-8-17)21(30)19-20(16-9-11-18(12-10-16)29(33)34)28(14-13-27(2)3)25(32)22(19)31/h4-12,20,31H,13-14H2,1-3H3. The van der Waals surface area contributed by atoms with Crippen molar-refractivity contribution in [3.8, 4) is 10.6 Å². The number of carbonyl (C=O) groups is 2. The predicted octanol–water partition coefficient (Wildman–Crippen LogP) is 4.17. The molecule has 1 atom stereocenters. The van der Waals surface area contributed by atoms with Gasteiger partial charge in [0, 0.05) is 30.8 Å². The third-order valence-electron chi connectivity index (χ3n) is 5.78. The van der Waals surface area contributed by atoms with Crippen molar-refractivity contribution < 1.29 is 19.6 Å². The molecule has 0 saturated carbocycles. The predicted molar refractivity (Wildman–Crippen MR) is 132 cm³/mol. The first kappa shape index (κ1) is 24.2. The van der Waals surface area contributed by atoms with E-state index < -0.39 is 28.4 Å². The normalized spacial score (nSPS) is 15.8. The molecule has 0 bridgehead atoms. The molecule has 10 heteroatoms. The zero-order valence-electron chi connectivity index (χ0n) is 19.5. The molecule has 1 unspecified atom stereocenters. The van der Waals surface area contributed by atoms with Crippen molar-refractivity contribution in [3.63, 3.8) is 0 Å². The Kier molecular flexibility index (Phi) is 6.77. The van der Waals surface area contributed by atoms with Crippen LogP contribution >= 0.6 is 11.3 Å². The van der Waals surface area contributed by atoms with Crippen LogP contribution in [0.1, 0.15) is 27.0 Å². The molecule has 3 aromatic rings. The van der Waals surface area contributed by atoms with Crippen LogP contribution in [0, 0.1) is 17.0 Å². The summed E-state index contributed by atoms with van der Waals surface area (Å²) in [7, 11) is 3.71. The van der Waals surface area contributed by atoms with Gasteiger partial charge in [0.1, 0.15) is 5.01 Å². The second-order valence-corrected chi connectivity index (χ2v) is 9.44. The maximum atomic E-state index is 13.8. The fraction of sp³-hybridized carbons (Fsp3) is 0.240. The Hall–Kier alpha value is -3.89. The number of ketones is 1. The van der Waals surface area contributed by atoms with E-state index in [-0.39, 0.29) is 17.8 Å². The van der Waals surface area contributed by atoms with Crippen LogP contribution in [0.5, 0.6) is 0 Å². The van der Waals surface area contributed by atoms with Crippen LogP contribution in [0.2, 0.25) is 0 Å². The van der Waals surface area contributed by atoms with Crippen molar-refractivity contribution >= 4 is 28.7 Å². The topological polar surface area (TPSA) is 117 Å². The second-order valence-electron chi connectivity index (χ2n) is 8.44. The summed E-state index contributed by atoms with van der Waals surface area (Å²) < 4.78 is 0. The highest BCUT2D eigenvalue weighted by Gasteiger charge is 2.44. The molecule has 1 aliphatic heterocycles. The molecule has 1 aromatic heterocycles. The van der Waals surface area contributed by atoms with E-state index in [1.54, 1.807) is 6.92 Å². The number of thiazole rings is 1. The van der Waals surface area contributed by atoms with Crippen molar-refractivity contribution in [1.82, 2.24) is 14.8 Å². The lowest BCUT2D eigenvalue weighted by Crippen LogP contribution is -2.36. The summed E-state index contributed by atoms with van der Waals surface area (Å²) in [5.41, 5.74) is 1.71. The van der Waals surface area contributed by atoms with Crippen LogP contribution < -0.4 is 0 Å². The van der Waals surface area contributed by atoms with E-state index in [1.807, 2.05) is 49.3 Å². The van der Waals surface area contributed by atoms with Gasteiger partial charge in [0.25, 0.3) is 11.6 Å². The van der Waals surface area contributed by atoms with Crippen molar-refractivity contribution in [2.75, 3.05) is 27.2 Å². The molecule has 35 heavy (non-hydrogen) atoms. The number of Topliss-reactive ketones (excluding diaryl/α,β-unsaturated/α-hetero) is 1. The molecule has 0 radical (unpaired) electrons. The number of benzene rings is 2. The zero-order valence-corrected chi connectivity index (χ0v) is 20.3. The first-order valence-electron chi connectivity index (χ1n) is 10.9. The van der Waals surface area contributed by atoms with Crippen LogP contribution in [-0.2, 0) is 4.79 Å². The third kappa shape index (κ3) is 4.71. The zero-order chi connectivity index (χ0) is 25.3. The number of hydrogen-bond acceptors (Lipinski definition) is 8. The molecule has 0 aliphatic carbocycles. The van der Waals surface area contributed by atoms with E-state index in [0.29, 0.717) is 27.7 Å². The van der Waals surface area contributed by atoms with Gasteiger partial charge in [0.2, 0.25) is 5.78 Å². The Morgan fingerprint density at radius 3 is 2.43 bits per heavy atom. The Bertz CT molecular complexity index is 1320. The highest BCUT2D eigenvalue weighted by molar-refractivity contribution is 7.17. The van der Waals surface area contributed by atoms with Gasteiger partial charge in [-0.2, -0.15) is 0 Å². The molecule has 0 fully saturated rings. The minimum atomic E-state index is -0.877. The summed E-state index contributed by atoms with van der Waals surface area (Å²) in [6, 6.07) is 14.2. The summed E-state index contributed by atoms with van der Waals surface area (Å²) in [6.45, 7) is 2.47. The molecule has 4 rings (SSSR count). The van der Waals surface area contributed by atoms with Gasteiger partial charge in [-0.25, -0.2) is 4.98 Å². The minimum absolute atomic E-state index is 0.0472. The van der Waals surface area contributed by atoms with Crippen molar-refractivity contribution in [3.05, 3.63) is 92.2 Å². The van der Waals surface area contributed by atoms with Crippen LogP contribution in [-0.4, -0.2) is 63.7 Å². The van der Waals surface area contributed by atoms with Gasteiger partial charge < -0.3 is 14.9 Å². The number of aryl methyl sites for hydroxylation is 1. The van der Waals surface area contributed by atoms with E-state index in [9.17, 15) is 24.8 Å². The smallest absolute Gasteiger partial charge is 0.290 e. The largest absolute Gasteiger partial charge is 0.503 e. The quantitative estimate of drug-likeness (QED) is 0.285.